The van der Waals surface area contributed by atoms with Crippen molar-refractivity contribution in [3.63, 3.8) is 0 Å². The summed E-state index contributed by atoms with van der Waals surface area (Å²) in [5.74, 6) is -0.944. The second-order valence-corrected chi connectivity index (χ2v) is 5.40. The van der Waals surface area contributed by atoms with Gasteiger partial charge in [0.15, 0.2) is 0 Å². The average Bonchev–Trinajstić information content (AvgIpc) is 2.45. The third-order valence-electron chi connectivity index (χ3n) is 3.45. The molecule has 5 heteroatoms. The molecule has 5 nitrogen and oxygen atoms in total. The first-order valence-corrected chi connectivity index (χ1v) is 7.27. The van der Waals surface area contributed by atoms with E-state index in [0.29, 0.717) is 18.9 Å². The first kappa shape index (κ1) is 17.0. The fourth-order valence-electron chi connectivity index (χ4n) is 1.89. The fraction of sp³-hybridized carbons (Fsp3) is 0.500. The predicted octanol–water partition coefficient (Wildman–Crippen LogP) is 2.72. The zero-order valence-electron chi connectivity index (χ0n) is 12.8. The molecule has 0 heterocycles. The van der Waals surface area contributed by atoms with Crippen LogP contribution in [0.25, 0.3) is 0 Å². The summed E-state index contributed by atoms with van der Waals surface area (Å²) >= 11 is 0. The summed E-state index contributed by atoms with van der Waals surface area (Å²) in [5, 5.41) is 14.2. The molecule has 1 aromatic rings. The number of aliphatic carboxylic acids is 1. The van der Waals surface area contributed by atoms with Crippen molar-refractivity contribution in [1.82, 2.24) is 10.6 Å². The van der Waals surface area contributed by atoms with Crippen LogP contribution < -0.4 is 10.6 Å². The van der Waals surface area contributed by atoms with Crippen LogP contribution in [0, 0.1) is 5.92 Å². The van der Waals surface area contributed by atoms with E-state index in [2.05, 4.69) is 36.6 Å². The number of carbonyl (C=O) groups is 2. The average molecular weight is 292 g/mol. The largest absolute Gasteiger partial charge is 0.481 e. The maximum atomic E-state index is 11.6. The number of hydrogen-bond acceptors (Lipinski definition) is 2. The lowest BCUT2D eigenvalue weighted by molar-refractivity contribution is -0.141. The Labute approximate surface area is 125 Å². The summed E-state index contributed by atoms with van der Waals surface area (Å²) in [5.41, 5.74) is 2.27. The van der Waals surface area contributed by atoms with Crippen LogP contribution in [0.3, 0.4) is 0 Å². The van der Waals surface area contributed by atoms with Crippen LogP contribution in [0.1, 0.15) is 44.2 Å². The molecule has 0 fully saturated rings. The van der Waals surface area contributed by atoms with Crippen LogP contribution in [0.5, 0.6) is 0 Å². The monoisotopic (exact) mass is 292 g/mol. The predicted molar refractivity (Wildman–Crippen MR) is 82.2 cm³/mol. The molecule has 1 unspecified atom stereocenters. The van der Waals surface area contributed by atoms with Crippen molar-refractivity contribution in [1.29, 1.82) is 0 Å². The minimum Gasteiger partial charge on any atom is -0.481 e. The second kappa shape index (κ2) is 8.29. The normalized spacial score (nSPS) is 12.0. The van der Waals surface area contributed by atoms with E-state index in [1.807, 2.05) is 12.1 Å². The van der Waals surface area contributed by atoms with Crippen molar-refractivity contribution in [3.05, 3.63) is 35.4 Å². The molecule has 0 aliphatic rings. The quantitative estimate of drug-likeness (QED) is 0.723. The minimum atomic E-state index is -0.887. The molecule has 0 radical (unpaired) electrons. The van der Waals surface area contributed by atoms with Crippen LogP contribution in [0.15, 0.2) is 24.3 Å². The van der Waals surface area contributed by atoms with Gasteiger partial charge in [0.05, 0.1) is 5.92 Å². The molecule has 1 aromatic carbocycles. The van der Waals surface area contributed by atoms with Crippen LogP contribution in [-0.4, -0.2) is 23.7 Å². The Balaban J connectivity index is 2.37. The Morgan fingerprint density at radius 2 is 1.76 bits per heavy atom. The number of rotatable bonds is 7. The van der Waals surface area contributed by atoms with E-state index in [9.17, 15) is 9.59 Å². The van der Waals surface area contributed by atoms with Crippen molar-refractivity contribution >= 4 is 12.0 Å². The first-order valence-electron chi connectivity index (χ1n) is 7.27. The Hall–Kier alpha value is -2.04. The number of carboxylic acids is 1. The Bertz CT molecular complexity index is 469. The zero-order valence-corrected chi connectivity index (χ0v) is 12.8. The molecule has 1 rings (SSSR count). The van der Waals surface area contributed by atoms with Crippen molar-refractivity contribution < 1.29 is 14.7 Å². The molecule has 21 heavy (non-hydrogen) atoms. The van der Waals surface area contributed by atoms with Gasteiger partial charge in [-0.05, 0) is 23.5 Å². The van der Waals surface area contributed by atoms with Crippen molar-refractivity contribution in [3.8, 4) is 0 Å². The lowest BCUT2D eigenvalue weighted by Gasteiger charge is -2.12. The van der Waals surface area contributed by atoms with E-state index < -0.39 is 11.9 Å². The van der Waals surface area contributed by atoms with Crippen LogP contribution in [0.2, 0.25) is 0 Å². The minimum absolute atomic E-state index is 0.143. The molecule has 116 valence electrons. The SMILES string of the molecule is CCC(CNC(=O)NCc1ccc(C(C)C)cc1)C(=O)O. The van der Waals surface area contributed by atoms with Gasteiger partial charge in [0.2, 0.25) is 0 Å². The van der Waals surface area contributed by atoms with Gasteiger partial charge in [-0.3, -0.25) is 4.79 Å². The summed E-state index contributed by atoms with van der Waals surface area (Å²) in [6.45, 7) is 6.62. The van der Waals surface area contributed by atoms with Crippen molar-refractivity contribution in [2.45, 2.75) is 39.7 Å². The number of amides is 2. The molecular formula is C16H24N2O3. The van der Waals surface area contributed by atoms with Crippen LogP contribution in [0.4, 0.5) is 4.79 Å². The smallest absolute Gasteiger partial charge is 0.315 e. The zero-order chi connectivity index (χ0) is 15.8. The van der Waals surface area contributed by atoms with Crippen LogP contribution in [-0.2, 0) is 11.3 Å². The summed E-state index contributed by atoms with van der Waals surface area (Å²) < 4.78 is 0. The summed E-state index contributed by atoms with van der Waals surface area (Å²) in [4.78, 5) is 22.5. The first-order chi connectivity index (χ1) is 9.93. The number of carboxylic acid groups (broad SMARTS) is 1. The maximum Gasteiger partial charge on any atom is 0.315 e. The van der Waals surface area contributed by atoms with E-state index in [1.165, 1.54) is 5.56 Å². The Morgan fingerprint density at radius 1 is 1.14 bits per heavy atom. The Morgan fingerprint density at radius 3 is 2.24 bits per heavy atom. The summed E-state index contributed by atoms with van der Waals surface area (Å²) in [6, 6.07) is 7.74. The van der Waals surface area contributed by atoms with E-state index in [4.69, 9.17) is 5.11 Å². The number of hydrogen-bond donors (Lipinski definition) is 3. The van der Waals surface area contributed by atoms with Crippen molar-refractivity contribution in [2.75, 3.05) is 6.54 Å². The lowest BCUT2D eigenvalue weighted by Crippen LogP contribution is -2.39. The third kappa shape index (κ3) is 5.85. The summed E-state index contributed by atoms with van der Waals surface area (Å²) in [7, 11) is 0. The molecule has 0 aromatic heterocycles. The fourth-order valence-corrected chi connectivity index (χ4v) is 1.89. The molecule has 0 aliphatic heterocycles. The molecule has 0 saturated carbocycles. The number of nitrogens with one attached hydrogen (secondary N) is 2. The molecule has 0 spiro atoms. The van der Waals surface area contributed by atoms with Gasteiger partial charge in [-0.2, -0.15) is 0 Å². The molecule has 1 atom stereocenters. The highest BCUT2D eigenvalue weighted by molar-refractivity contribution is 5.75. The molecular weight excluding hydrogens is 268 g/mol. The van der Waals surface area contributed by atoms with E-state index in [1.54, 1.807) is 6.92 Å². The summed E-state index contributed by atoms with van der Waals surface area (Å²) in [6.07, 6.45) is 0.492. The number of carbonyl (C=O) groups excluding carboxylic acids is 1. The molecule has 0 saturated heterocycles. The highest BCUT2D eigenvalue weighted by atomic mass is 16.4. The van der Waals surface area contributed by atoms with Gasteiger partial charge in [-0.1, -0.05) is 45.0 Å². The van der Waals surface area contributed by atoms with Gasteiger partial charge in [0.25, 0.3) is 0 Å². The Kier molecular flexibility index (Phi) is 6.72. The standard InChI is InChI=1S/C16H24N2O3/c1-4-13(15(19)20)10-18-16(21)17-9-12-5-7-14(8-6-12)11(2)3/h5-8,11,13H,4,9-10H2,1-3H3,(H,19,20)(H2,17,18,21). The highest BCUT2D eigenvalue weighted by Crippen LogP contribution is 2.14. The second-order valence-electron chi connectivity index (χ2n) is 5.40. The topological polar surface area (TPSA) is 78.4 Å². The van der Waals surface area contributed by atoms with E-state index in [-0.39, 0.29) is 12.6 Å². The molecule has 2 amide bonds. The van der Waals surface area contributed by atoms with Gasteiger partial charge in [-0.15, -0.1) is 0 Å². The number of urea groups is 1. The van der Waals surface area contributed by atoms with Crippen LogP contribution >= 0.6 is 0 Å². The van der Waals surface area contributed by atoms with E-state index in [0.717, 1.165) is 5.56 Å². The maximum absolute atomic E-state index is 11.6. The van der Waals surface area contributed by atoms with Gasteiger partial charge in [0, 0.05) is 13.1 Å². The van der Waals surface area contributed by atoms with Gasteiger partial charge in [-0.25, -0.2) is 4.79 Å². The third-order valence-corrected chi connectivity index (χ3v) is 3.45. The molecule has 0 aliphatic carbocycles. The van der Waals surface area contributed by atoms with E-state index >= 15 is 0 Å². The van der Waals surface area contributed by atoms with Gasteiger partial charge in [0.1, 0.15) is 0 Å². The number of benzene rings is 1. The van der Waals surface area contributed by atoms with Gasteiger partial charge < -0.3 is 15.7 Å². The highest BCUT2D eigenvalue weighted by Gasteiger charge is 2.15. The van der Waals surface area contributed by atoms with Gasteiger partial charge >= 0.3 is 12.0 Å². The van der Waals surface area contributed by atoms with Crippen molar-refractivity contribution in [2.24, 2.45) is 5.92 Å². The lowest BCUT2D eigenvalue weighted by atomic mass is 10.0. The molecule has 0 bridgehead atoms. The molecule has 3 N–H and O–H groups in total.